The third kappa shape index (κ3) is 2.16. The molecule has 0 heterocycles. The molecule has 0 spiro atoms. The van der Waals surface area contributed by atoms with E-state index < -0.39 is 6.09 Å². The van der Waals surface area contributed by atoms with Gasteiger partial charge in [-0.25, -0.2) is 4.79 Å². The van der Waals surface area contributed by atoms with Crippen molar-refractivity contribution in [3.8, 4) is 0 Å². The van der Waals surface area contributed by atoms with E-state index >= 15 is 0 Å². The molecule has 1 aliphatic carbocycles. The van der Waals surface area contributed by atoms with Crippen LogP contribution in [0, 0.1) is 5.41 Å². The molecule has 0 saturated heterocycles. The van der Waals surface area contributed by atoms with Crippen molar-refractivity contribution in [3.05, 3.63) is 0 Å². The van der Waals surface area contributed by atoms with Crippen LogP contribution in [0.25, 0.3) is 0 Å². The molecular formula is C9H19N3O2. The summed E-state index contributed by atoms with van der Waals surface area (Å²) in [4.78, 5) is 10.7. The Bertz CT molecular complexity index is 204. The number of primary amides is 1. The maximum atomic E-state index is 10.7. The normalized spacial score (nSPS) is 25.7. The lowest BCUT2D eigenvalue weighted by atomic mass is 9.72. The summed E-state index contributed by atoms with van der Waals surface area (Å²) in [7, 11) is 0. The second-order valence-corrected chi connectivity index (χ2v) is 3.94. The lowest BCUT2D eigenvalue weighted by Crippen LogP contribution is -2.51. The van der Waals surface area contributed by atoms with Crippen LogP contribution in [0.5, 0.6) is 0 Å². The molecule has 0 aromatic carbocycles. The monoisotopic (exact) mass is 201 g/mol. The summed E-state index contributed by atoms with van der Waals surface area (Å²) in [6, 6.07) is 0. The van der Waals surface area contributed by atoms with Crippen molar-refractivity contribution >= 4 is 6.09 Å². The van der Waals surface area contributed by atoms with Crippen molar-refractivity contribution < 1.29 is 9.53 Å². The molecule has 1 atom stereocenters. The smallest absolute Gasteiger partial charge is 0.404 e. The van der Waals surface area contributed by atoms with Gasteiger partial charge in [-0.3, -0.25) is 0 Å². The van der Waals surface area contributed by atoms with Crippen LogP contribution in [0.3, 0.4) is 0 Å². The summed E-state index contributed by atoms with van der Waals surface area (Å²) < 4.78 is 5.07. The molecule has 1 amide bonds. The summed E-state index contributed by atoms with van der Waals surface area (Å²) in [6.07, 6.45) is 2.93. The average Bonchev–Trinajstić information content (AvgIpc) is 2.18. The van der Waals surface area contributed by atoms with Crippen molar-refractivity contribution in [2.45, 2.75) is 31.8 Å². The molecule has 1 rings (SSSR count). The number of hydrogen-bond acceptors (Lipinski definition) is 4. The van der Waals surface area contributed by atoms with Gasteiger partial charge in [-0.2, -0.15) is 0 Å². The van der Waals surface area contributed by atoms with E-state index in [0.717, 1.165) is 25.7 Å². The van der Waals surface area contributed by atoms with Gasteiger partial charge in [0.25, 0.3) is 0 Å². The van der Waals surface area contributed by atoms with Gasteiger partial charge in [0.2, 0.25) is 0 Å². The average molecular weight is 201 g/mol. The summed E-state index contributed by atoms with van der Waals surface area (Å²) >= 11 is 0. The topological polar surface area (TPSA) is 104 Å². The van der Waals surface area contributed by atoms with E-state index in [1.807, 2.05) is 0 Å². The van der Waals surface area contributed by atoms with Gasteiger partial charge in [-0.15, -0.1) is 0 Å². The third-order valence-corrected chi connectivity index (χ3v) is 3.15. The van der Waals surface area contributed by atoms with Crippen LogP contribution in [-0.2, 0) is 4.74 Å². The first-order chi connectivity index (χ1) is 6.64. The molecule has 0 bridgehead atoms. The summed E-state index contributed by atoms with van der Waals surface area (Å²) in [5.74, 6) is 0. The summed E-state index contributed by atoms with van der Waals surface area (Å²) in [5.41, 5.74) is 16.2. The zero-order valence-corrected chi connectivity index (χ0v) is 8.37. The number of nitrogens with two attached hydrogens (primary N) is 3. The van der Waals surface area contributed by atoms with Gasteiger partial charge in [0.15, 0.2) is 0 Å². The van der Waals surface area contributed by atoms with Gasteiger partial charge in [-0.05, 0) is 19.3 Å². The molecular weight excluding hydrogens is 182 g/mol. The standard InChI is InChI=1S/C9H19N3O2/c10-5-9(6-11)4-2-1-3-7(9)14-8(12)13/h7H,1-6,10-11H2,(H2,12,13). The Hall–Kier alpha value is -0.810. The fourth-order valence-corrected chi connectivity index (χ4v) is 2.15. The van der Waals surface area contributed by atoms with Crippen LogP contribution < -0.4 is 17.2 Å². The SMILES string of the molecule is NCC1(CN)CCCCC1OC(N)=O. The Labute approximate surface area is 83.9 Å². The predicted molar refractivity (Wildman–Crippen MR) is 53.5 cm³/mol. The minimum Gasteiger partial charge on any atom is -0.446 e. The van der Waals surface area contributed by atoms with Gasteiger partial charge in [0.1, 0.15) is 6.10 Å². The first-order valence-electron chi connectivity index (χ1n) is 5.01. The van der Waals surface area contributed by atoms with E-state index in [2.05, 4.69) is 0 Å². The van der Waals surface area contributed by atoms with Crippen LogP contribution in [-0.4, -0.2) is 25.3 Å². The van der Waals surface area contributed by atoms with Gasteiger partial charge >= 0.3 is 6.09 Å². The summed E-state index contributed by atoms with van der Waals surface area (Å²) in [6.45, 7) is 0.892. The third-order valence-electron chi connectivity index (χ3n) is 3.15. The van der Waals surface area contributed by atoms with Gasteiger partial charge in [-0.1, -0.05) is 6.42 Å². The van der Waals surface area contributed by atoms with E-state index in [0.29, 0.717) is 13.1 Å². The maximum Gasteiger partial charge on any atom is 0.404 e. The van der Waals surface area contributed by atoms with Crippen LogP contribution in [0.1, 0.15) is 25.7 Å². The Kier molecular flexibility index (Phi) is 3.71. The molecule has 82 valence electrons. The molecule has 1 unspecified atom stereocenters. The van der Waals surface area contributed by atoms with Gasteiger partial charge < -0.3 is 21.9 Å². The van der Waals surface area contributed by atoms with Crippen molar-refractivity contribution in [2.24, 2.45) is 22.6 Å². The molecule has 0 aromatic heterocycles. The first-order valence-corrected chi connectivity index (χ1v) is 5.01. The Morgan fingerprint density at radius 2 is 2.00 bits per heavy atom. The fraction of sp³-hybridized carbons (Fsp3) is 0.889. The quantitative estimate of drug-likeness (QED) is 0.594. The van der Waals surface area contributed by atoms with Crippen LogP contribution in [0.4, 0.5) is 4.79 Å². The second-order valence-electron chi connectivity index (χ2n) is 3.94. The number of carbonyl (C=O) groups is 1. The van der Waals surface area contributed by atoms with Crippen molar-refractivity contribution in [2.75, 3.05) is 13.1 Å². The first kappa shape index (κ1) is 11.3. The molecule has 0 aliphatic heterocycles. The van der Waals surface area contributed by atoms with E-state index in [4.69, 9.17) is 21.9 Å². The fourth-order valence-electron chi connectivity index (χ4n) is 2.15. The van der Waals surface area contributed by atoms with E-state index in [-0.39, 0.29) is 11.5 Å². The number of rotatable bonds is 3. The van der Waals surface area contributed by atoms with Crippen molar-refractivity contribution in [1.82, 2.24) is 0 Å². The highest BCUT2D eigenvalue weighted by atomic mass is 16.6. The van der Waals surface area contributed by atoms with Crippen LogP contribution in [0.15, 0.2) is 0 Å². The lowest BCUT2D eigenvalue weighted by Gasteiger charge is -2.41. The minimum atomic E-state index is -0.733. The molecule has 1 fully saturated rings. The highest BCUT2D eigenvalue weighted by Gasteiger charge is 2.40. The number of ether oxygens (including phenoxy) is 1. The Balaban J connectivity index is 2.71. The van der Waals surface area contributed by atoms with Crippen molar-refractivity contribution in [1.29, 1.82) is 0 Å². The number of carbonyl (C=O) groups excluding carboxylic acids is 1. The molecule has 0 radical (unpaired) electrons. The molecule has 6 N–H and O–H groups in total. The maximum absolute atomic E-state index is 10.7. The van der Waals surface area contributed by atoms with Gasteiger partial charge in [0, 0.05) is 18.5 Å². The zero-order chi connectivity index (χ0) is 10.6. The largest absolute Gasteiger partial charge is 0.446 e. The molecule has 1 saturated carbocycles. The molecule has 0 aromatic rings. The summed E-state index contributed by atoms with van der Waals surface area (Å²) in [5, 5.41) is 0. The molecule has 5 nitrogen and oxygen atoms in total. The minimum absolute atomic E-state index is 0.205. The highest BCUT2D eigenvalue weighted by Crippen LogP contribution is 2.36. The molecule has 14 heavy (non-hydrogen) atoms. The van der Waals surface area contributed by atoms with Crippen molar-refractivity contribution in [3.63, 3.8) is 0 Å². The Morgan fingerprint density at radius 1 is 1.36 bits per heavy atom. The zero-order valence-electron chi connectivity index (χ0n) is 8.37. The van der Waals surface area contributed by atoms with E-state index in [1.54, 1.807) is 0 Å². The number of amides is 1. The highest BCUT2D eigenvalue weighted by molar-refractivity contribution is 5.64. The van der Waals surface area contributed by atoms with E-state index in [9.17, 15) is 4.79 Å². The number of hydrogen-bond donors (Lipinski definition) is 3. The van der Waals surface area contributed by atoms with Gasteiger partial charge in [0.05, 0.1) is 0 Å². The van der Waals surface area contributed by atoms with Crippen LogP contribution >= 0.6 is 0 Å². The van der Waals surface area contributed by atoms with Crippen LogP contribution in [0.2, 0.25) is 0 Å². The Morgan fingerprint density at radius 3 is 2.50 bits per heavy atom. The predicted octanol–water partition coefficient (Wildman–Crippen LogP) is -0.0719. The molecule has 5 heteroatoms. The lowest BCUT2D eigenvalue weighted by molar-refractivity contribution is -0.0120. The van der Waals surface area contributed by atoms with E-state index in [1.165, 1.54) is 0 Å². The molecule has 1 aliphatic rings. The second kappa shape index (κ2) is 4.61.